The normalized spacial score (nSPS) is 11.0. The Morgan fingerprint density at radius 1 is 1.08 bits per heavy atom. The molecular weight excluding hydrogens is 352 g/mol. The molecular formula is C20H23ClN2O3. The first-order valence-corrected chi connectivity index (χ1v) is 8.57. The molecule has 2 amide bonds. The molecule has 0 aromatic heterocycles. The van der Waals surface area contributed by atoms with E-state index in [0.717, 1.165) is 0 Å². The number of hydrogen-bond donors (Lipinski definition) is 1. The van der Waals surface area contributed by atoms with E-state index in [1.54, 1.807) is 56.5 Å². The summed E-state index contributed by atoms with van der Waals surface area (Å²) < 4.78 is 5.26. The largest absolute Gasteiger partial charge is 0.496 e. The van der Waals surface area contributed by atoms with Crippen LogP contribution in [0.4, 0.5) is 0 Å². The van der Waals surface area contributed by atoms with Gasteiger partial charge in [0.25, 0.3) is 11.8 Å². The number of benzene rings is 2. The van der Waals surface area contributed by atoms with E-state index in [2.05, 4.69) is 5.43 Å². The van der Waals surface area contributed by atoms with Crippen LogP contribution < -0.4 is 10.2 Å². The quantitative estimate of drug-likeness (QED) is 0.817. The van der Waals surface area contributed by atoms with Gasteiger partial charge in [0.1, 0.15) is 5.75 Å². The summed E-state index contributed by atoms with van der Waals surface area (Å²) in [5, 5.41) is 1.87. The Balaban J connectivity index is 2.33. The first-order valence-electron chi connectivity index (χ1n) is 8.20. The van der Waals surface area contributed by atoms with Gasteiger partial charge < -0.3 is 4.74 Å². The molecule has 0 aliphatic heterocycles. The van der Waals surface area contributed by atoms with Crippen molar-refractivity contribution in [2.24, 2.45) is 0 Å². The molecule has 0 aliphatic carbocycles. The van der Waals surface area contributed by atoms with Gasteiger partial charge in [0.15, 0.2) is 0 Å². The van der Waals surface area contributed by atoms with Gasteiger partial charge in [-0.2, -0.15) is 0 Å². The molecule has 5 nitrogen and oxygen atoms in total. The lowest BCUT2D eigenvalue weighted by molar-refractivity contribution is 0.0358. The Hall–Kier alpha value is -2.53. The minimum Gasteiger partial charge on any atom is -0.496 e. The Morgan fingerprint density at radius 3 is 2.23 bits per heavy atom. The lowest BCUT2D eigenvalue weighted by Crippen LogP contribution is -2.56. The maximum absolute atomic E-state index is 12.9. The molecule has 2 aromatic rings. The smallest absolute Gasteiger partial charge is 0.272 e. The molecule has 0 spiro atoms. The number of ether oxygens (including phenoxy) is 1. The van der Waals surface area contributed by atoms with Crippen LogP contribution in [-0.2, 0) is 0 Å². The SMILES string of the molecule is COc1cccc(C(=O)NN(C(=O)c2ccc(Cl)cc2)C(C)(C)C)c1C. The summed E-state index contributed by atoms with van der Waals surface area (Å²) in [4.78, 5) is 25.7. The minimum absolute atomic E-state index is 0.317. The topological polar surface area (TPSA) is 58.6 Å². The molecule has 0 atom stereocenters. The summed E-state index contributed by atoms with van der Waals surface area (Å²) in [6, 6.07) is 11.8. The van der Waals surface area contributed by atoms with Gasteiger partial charge in [0, 0.05) is 21.7 Å². The Kier molecular flexibility index (Phi) is 5.93. The van der Waals surface area contributed by atoms with Gasteiger partial charge in [-0.05, 0) is 64.1 Å². The summed E-state index contributed by atoms with van der Waals surface area (Å²) >= 11 is 5.89. The van der Waals surface area contributed by atoms with Crippen molar-refractivity contribution in [3.05, 3.63) is 64.2 Å². The zero-order chi connectivity index (χ0) is 19.5. The molecule has 0 radical (unpaired) electrons. The third-order valence-electron chi connectivity index (χ3n) is 3.93. The molecule has 0 bridgehead atoms. The first-order chi connectivity index (χ1) is 12.1. The zero-order valence-corrected chi connectivity index (χ0v) is 16.3. The van der Waals surface area contributed by atoms with Gasteiger partial charge in [-0.1, -0.05) is 17.7 Å². The van der Waals surface area contributed by atoms with Crippen molar-refractivity contribution in [3.8, 4) is 5.75 Å². The van der Waals surface area contributed by atoms with Gasteiger partial charge in [-0.25, -0.2) is 5.01 Å². The van der Waals surface area contributed by atoms with Crippen molar-refractivity contribution >= 4 is 23.4 Å². The van der Waals surface area contributed by atoms with Crippen LogP contribution in [0.15, 0.2) is 42.5 Å². The van der Waals surface area contributed by atoms with E-state index in [1.165, 1.54) is 5.01 Å². The van der Waals surface area contributed by atoms with E-state index in [1.807, 2.05) is 20.8 Å². The predicted octanol–water partition coefficient (Wildman–Crippen LogP) is 4.24. The third-order valence-corrected chi connectivity index (χ3v) is 4.18. The fourth-order valence-electron chi connectivity index (χ4n) is 2.49. The molecule has 138 valence electrons. The lowest BCUT2D eigenvalue weighted by atomic mass is 10.1. The predicted molar refractivity (Wildman–Crippen MR) is 103 cm³/mol. The van der Waals surface area contributed by atoms with E-state index in [4.69, 9.17) is 16.3 Å². The van der Waals surface area contributed by atoms with E-state index in [0.29, 0.717) is 27.5 Å². The Bertz CT molecular complexity index is 811. The second kappa shape index (κ2) is 7.79. The van der Waals surface area contributed by atoms with Crippen molar-refractivity contribution in [3.63, 3.8) is 0 Å². The van der Waals surface area contributed by atoms with Crippen LogP contribution >= 0.6 is 11.6 Å². The maximum Gasteiger partial charge on any atom is 0.272 e. The van der Waals surface area contributed by atoms with Crippen LogP contribution in [0.25, 0.3) is 0 Å². The number of amides is 2. The maximum atomic E-state index is 12.9. The standard InChI is InChI=1S/C20H23ClN2O3/c1-13-16(7-6-8-17(13)26-5)18(24)22-23(20(2,3)4)19(25)14-9-11-15(21)12-10-14/h6-12H,1-5H3,(H,22,24). The molecule has 26 heavy (non-hydrogen) atoms. The average molecular weight is 375 g/mol. The summed E-state index contributed by atoms with van der Waals surface area (Å²) in [5.74, 6) is -0.0781. The zero-order valence-electron chi connectivity index (χ0n) is 15.6. The number of halogens is 1. The highest BCUT2D eigenvalue weighted by Crippen LogP contribution is 2.22. The van der Waals surface area contributed by atoms with Crippen LogP contribution in [0.2, 0.25) is 5.02 Å². The van der Waals surface area contributed by atoms with Crippen molar-refractivity contribution < 1.29 is 14.3 Å². The van der Waals surface area contributed by atoms with Crippen LogP contribution in [0.5, 0.6) is 5.75 Å². The van der Waals surface area contributed by atoms with Crippen molar-refractivity contribution in [2.75, 3.05) is 7.11 Å². The summed E-state index contributed by atoms with van der Waals surface area (Å²) in [6.07, 6.45) is 0. The average Bonchev–Trinajstić information content (AvgIpc) is 2.58. The molecule has 0 unspecified atom stereocenters. The van der Waals surface area contributed by atoms with E-state index in [-0.39, 0.29) is 11.8 Å². The summed E-state index contributed by atoms with van der Waals surface area (Å²) in [6.45, 7) is 7.34. The number of carbonyl (C=O) groups is 2. The Labute approximate surface area is 158 Å². The molecule has 0 saturated carbocycles. The fraction of sp³-hybridized carbons (Fsp3) is 0.300. The number of carbonyl (C=O) groups excluding carboxylic acids is 2. The molecule has 2 rings (SSSR count). The number of methoxy groups -OCH3 is 1. The highest BCUT2D eigenvalue weighted by molar-refractivity contribution is 6.30. The van der Waals surface area contributed by atoms with Gasteiger partial charge in [-0.3, -0.25) is 15.0 Å². The van der Waals surface area contributed by atoms with Gasteiger partial charge in [-0.15, -0.1) is 0 Å². The summed E-state index contributed by atoms with van der Waals surface area (Å²) in [7, 11) is 1.55. The van der Waals surface area contributed by atoms with Crippen LogP contribution in [0.3, 0.4) is 0 Å². The fourth-order valence-corrected chi connectivity index (χ4v) is 2.61. The molecule has 0 aliphatic rings. The highest BCUT2D eigenvalue weighted by Gasteiger charge is 2.30. The second-order valence-electron chi connectivity index (χ2n) is 6.89. The second-order valence-corrected chi connectivity index (χ2v) is 7.33. The van der Waals surface area contributed by atoms with Gasteiger partial charge in [0.05, 0.1) is 12.6 Å². The van der Waals surface area contributed by atoms with E-state index >= 15 is 0 Å². The van der Waals surface area contributed by atoms with Gasteiger partial charge in [0.2, 0.25) is 0 Å². The molecule has 2 aromatic carbocycles. The van der Waals surface area contributed by atoms with Crippen LogP contribution in [0.1, 0.15) is 47.1 Å². The van der Waals surface area contributed by atoms with E-state index < -0.39 is 5.54 Å². The summed E-state index contributed by atoms with van der Waals surface area (Å²) in [5.41, 5.74) is 3.70. The van der Waals surface area contributed by atoms with E-state index in [9.17, 15) is 9.59 Å². The molecule has 1 N–H and O–H groups in total. The first kappa shape index (κ1) is 19.8. The Morgan fingerprint density at radius 2 is 1.69 bits per heavy atom. The van der Waals surface area contributed by atoms with Crippen LogP contribution in [0, 0.1) is 6.92 Å². The molecule has 0 fully saturated rings. The highest BCUT2D eigenvalue weighted by atomic mass is 35.5. The molecule has 0 saturated heterocycles. The number of nitrogens with zero attached hydrogens (tertiary/aromatic N) is 1. The lowest BCUT2D eigenvalue weighted by Gasteiger charge is -2.35. The number of rotatable bonds is 3. The molecule has 0 heterocycles. The molecule has 6 heteroatoms. The minimum atomic E-state index is -0.626. The number of hydrazine groups is 1. The van der Waals surface area contributed by atoms with Crippen molar-refractivity contribution in [1.29, 1.82) is 0 Å². The number of hydrogen-bond acceptors (Lipinski definition) is 3. The van der Waals surface area contributed by atoms with Crippen LogP contribution in [-0.4, -0.2) is 29.5 Å². The number of nitrogens with one attached hydrogen (secondary N) is 1. The third kappa shape index (κ3) is 4.35. The monoisotopic (exact) mass is 374 g/mol. The van der Waals surface area contributed by atoms with Crippen molar-refractivity contribution in [1.82, 2.24) is 10.4 Å². The van der Waals surface area contributed by atoms with Crippen molar-refractivity contribution in [2.45, 2.75) is 33.2 Å². The van der Waals surface area contributed by atoms with Gasteiger partial charge >= 0.3 is 0 Å².